The fraction of sp³-hybridized carbons (Fsp3) is 0.231. The Morgan fingerprint density at radius 3 is 2.22 bits per heavy atom. The standard InChI is InChI=1S/C26H26N2O4/c1-17(29)27-21-11-9-19(10-12-21)26(30)28-14-13-20-15-23(31-2)24(32-3)16-22(20)25(28)18-7-5-4-6-8-18/h4-12,15-16,25H,13-14H2,1-3H3,(H,27,29). The maximum atomic E-state index is 13.6. The van der Waals surface area contributed by atoms with Crippen molar-refractivity contribution < 1.29 is 19.1 Å². The minimum absolute atomic E-state index is 0.0614. The minimum atomic E-state index is -0.248. The highest BCUT2D eigenvalue weighted by Gasteiger charge is 2.33. The summed E-state index contributed by atoms with van der Waals surface area (Å²) in [7, 11) is 3.24. The Labute approximate surface area is 187 Å². The molecule has 0 saturated heterocycles. The highest BCUT2D eigenvalue weighted by molar-refractivity contribution is 5.96. The van der Waals surface area contributed by atoms with Crippen LogP contribution in [0.4, 0.5) is 5.69 Å². The first kappa shape index (κ1) is 21.4. The third-order valence-electron chi connectivity index (χ3n) is 5.70. The Bertz CT molecular complexity index is 1130. The molecule has 2 amide bonds. The van der Waals surface area contributed by atoms with Gasteiger partial charge in [0.2, 0.25) is 5.91 Å². The van der Waals surface area contributed by atoms with Crippen LogP contribution in [0.25, 0.3) is 0 Å². The molecule has 1 heterocycles. The van der Waals surface area contributed by atoms with E-state index >= 15 is 0 Å². The van der Waals surface area contributed by atoms with Gasteiger partial charge < -0.3 is 19.7 Å². The molecule has 1 unspecified atom stereocenters. The first-order chi connectivity index (χ1) is 15.5. The van der Waals surface area contributed by atoms with Crippen LogP contribution in [-0.4, -0.2) is 37.5 Å². The van der Waals surface area contributed by atoms with Gasteiger partial charge in [-0.25, -0.2) is 0 Å². The minimum Gasteiger partial charge on any atom is -0.493 e. The molecule has 1 aliphatic rings. The Morgan fingerprint density at radius 2 is 1.59 bits per heavy atom. The molecule has 1 N–H and O–H groups in total. The third-order valence-corrected chi connectivity index (χ3v) is 5.70. The molecular formula is C26H26N2O4. The summed E-state index contributed by atoms with van der Waals surface area (Å²) in [5.41, 5.74) is 4.44. The fourth-order valence-corrected chi connectivity index (χ4v) is 4.22. The molecule has 0 aliphatic carbocycles. The number of anilines is 1. The number of carbonyl (C=O) groups is 2. The molecule has 0 fully saturated rings. The summed E-state index contributed by atoms with van der Waals surface area (Å²) < 4.78 is 11.0. The topological polar surface area (TPSA) is 67.9 Å². The van der Waals surface area contributed by atoms with Crippen molar-refractivity contribution in [2.24, 2.45) is 0 Å². The lowest BCUT2D eigenvalue weighted by molar-refractivity contribution is -0.114. The van der Waals surface area contributed by atoms with Gasteiger partial charge in [0.1, 0.15) is 0 Å². The average molecular weight is 431 g/mol. The van der Waals surface area contributed by atoms with Crippen molar-refractivity contribution in [1.29, 1.82) is 0 Å². The van der Waals surface area contributed by atoms with Gasteiger partial charge in [-0.05, 0) is 59.5 Å². The Balaban J connectivity index is 1.75. The van der Waals surface area contributed by atoms with Crippen LogP contribution >= 0.6 is 0 Å². The molecule has 4 rings (SSSR count). The Kier molecular flexibility index (Phi) is 6.12. The van der Waals surface area contributed by atoms with Gasteiger partial charge in [-0.3, -0.25) is 9.59 Å². The van der Waals surface area contributed by atoms with Crippen LogP contribution in [0.15, 0.2) is 66.7 Å². The van der Waals surface area contributed by atoms with E-state index in [0.29, 0.717) is 29.3 Å². The lowest BCUT2D eigenvalue weighted by atomic mass is 9.87. The highest BCUT2D eigenvalue weighted by Crippen LogP contribution is 2.41. The summed E-state index contributed by atoms with van der Waals surface area (Å²) in [4.78, 5) is 26.8. The molecular weight excluding hydrogens is 404 g/mol. The molecule has 1 aliphatic heterocycles. The zero-order valence-corrected chi connectivity index (χ0v) is 18.4. The highest BCUT2D eigenvalue weighted by atomic mass is 16.5. The third kappa shape index (κ3) is 4.17. The smallest absolute Gasteiger partial charge is 0.254 e. The summed E-state index contributed by atoms with van der Waals surface area (Å²) in [6.07, 6.45) is 0.717. The van der Waals surface area contributed by atoms with Crippen molar-refractivity contribution in [3.63, 3.8) is 0 Å². The van der Waals surface area contributed by atoms with Crippen molar-refractivity contribution in [2.75, 3.05) is 26.1 Å². The number of hydrogen-bond donors (Lipinski definition) is 1. The van der Waals surface area contributed by atoms with Crippen LogP contribution in [0, 0.1) is 0 Å². The van der Waals surface area contributed by atoms with E-state index in [1.54, 1.807) is 38.5 Å². The summed E-state index contributed by atoms with van der Waals surface area (Å²) in [5, 5.41) is 2.73. The number of nitrogens with one attached hydrogen (secondary N) is 1. The first-order valence-corrected chi connectivity index (χ1v) is 10.5. The molecule has 0 radical (unpaired) electrons. The molecule has 0 aromatic heterocycles. The Morgan fingerprint density at radius 1 is 0.938 bits per heavy atom. The molecule has 0 bridgehead atoms. The first-order valence-electron chi connectivity index (χ1n) is 10.5. The normalized spacial score (nSPS) is 15.0. The van der Waals surface area contributed by atoms with E-state index in [0.717, 1.165) is 23.1 Å². The van der Waals surface area contributed by atoms with Crippen molar-refractivity contribution in [3.05, 3.63) is 89.0 Å². The van der Waals surface area contributed by atoms with E-state index in [9.17, 15) is 9.59 Å². The molecule has 6 heteroatoms. The van der Waals surface area contributed by atoms with Crippen LogP contribution in [0.2, 0.25) is 0 Å². The molecule has 6 nitrogen and oxygen atoms in total. The summed E-state index contributed by atoms with van der Waals surface area (Å²) in [6.45, 7) is 2.03. The maximum Gasteiger partial charge on any atom is 0.254 e. The zero-order valence-electron chi connectivity index (χ0n) is 18.4. The molecule has 3 aromatic rings. The second-order valence-electron chi connectivity index (χ2n) is 7.73. The van der Waals surface area contributed by atoms with Crippen molar-refractivity contribution in [3.8, 4) is 11.5 Å². The van der Waals surface area contributed by atoms with Crippen LogP contribution in [0.1, 0.15) is 40.0 Å². The van der Waals surface area contributed by atoms with E-state index in [1.165, 1.54) is 6.92 Å². The number of nitrogens with zero attached hydrogens (tertiary/aromatic N) is 1. The summed E-state index contributed by atoms with van der Waals surface area (Å²) in [6, 6.07) is 20.7. The van der Waals surface area contributed by atoms with Crippen LogP contribution in [0.5, 0.6) is 11.5 Å². The molecule has 0 spiro atoms. The van der Waals surface area contributed by atoms with E-state index in [2.05, 4.69) is 5.32 Å². The predicted octanol–water partition coefficient (Wildman–Crippen LogP) is 4.45. The van der Waals surface area contributed by atoms with Crippen LogP contribution < -0.4 is 14.8 Å². The lowest BCUT2D eigenvalue weighted by Gasteiger charge is -2.38. The molecule has 32 heavy (non-hydrogen) atoms. The lowest BCUT2D eigenvalue weighted by Crippen LogP contribution is -2.40. The number of rotatable bonds is 5. The zero-order chi connectivity index (χ0) is 22.7. The van der Waals surface area contributed by atoms with E-state index in [4.69, 9.17) is 9.47 Å². The van der Waals surface area contributed by atoms with E-state index in [1.807, 2.05) is 47.4 Å². The average Bonchev–Trinajstić information content (AvgIpc) is 2.82. The number of ether oxygens (including phenoxy) is 2. The number of amides is 2. The van der Waals surface area contributed by atoms with Gasteiger partial charge in [0.25, 0.3) is 5.91 Å². The van der Waals surface area contributed by atoms with E-state index < -0.39 is 0 Å². The quantitative estimate of drug-likeness (QED) is 0.649. The van der Waals surface area contributed by atoms with Gasteiger partial charge >= 0.3 is 0 Å². The summed E-state index contributed by atoms with van der Waals surface area (Å²) in [5.74, 6) is 1.12. The SMILES string of the molecule is COc1cc2c(cc1OC)C(c1ccccc1)N(C(=O)c1ccc(NC(C)=O)cc1)CC2. The number of hydrogen-bond acceptors (Lipinski definition) is 4. The van der Waals surface area contributed by atoms with Crippen molar-refractivity contribution in [1.82, 2.24) is 4.90 Å². The summed E-state index contributed by atoms with van der Waals surface area (Å²) >= 11 is 0. The number of fused-ring (bicyclic) bond motifs is 1. The maximum absolute atomic E-state index is 13.6. The van der Waals surface area contributed by atoms with Gasteiger partial charge in [0.15, 0.2) is 11.5 Å². The number of carbonyl (C=O) groups excluding carboxylic acids is 2. The second kappa shape index (κ2) is 9.14. The van der Waals surface area contributed by atoms with Crippen LogP contribution in [0.3, 0.4) is 0 Å². The van der Waals surface area contributed by atoms with Gasteiger partial charge in [-0.2, -0.15) is 0 Å². The van der Waals surface area contributed by atoms with Gasteiger partial charge in [0.05, 0.1) is 20.3 Å². The monoisotopic (exact) mass is 430 g/mol. The fourth-order valence-electron chi connectivity index (χ4n) is 4.22. The van der Waals surface area contributed by atoms with Gasteiger partial charge in [-0.15, -0.1) is 0 Å². The predicted molar refractivity (Wildman–Crippen MR) is 123 cm³/mol. The molecule has 1 atom stereocenters. The Hall–Kier alpha value is -3.80. The molecule has 3 aromatic carbocycles. The number of methoxy groups -OCH3 is 2. The largest absolute Gasteiger partial charge is 0.493 e. The van der Waals surface area contributed by atoms with Crippen molar-refractivity contribution in [2.45, 2.75) is 19.4 Å². The molecule has 164 valence electrons. The molecule has 0 saturated carbocycles. The van der Waals surface area contributed by atoms with Crippen LogP contribution in [-0.2, 0) is 11.2 Å². The number of benzene rings is 3. The second-order valence-corrected chi connectivity index (χ2v) is 7.73. The van der Waals surface area contributed by atoms with Gasteiger partial charge in [0, 0.05) is 24.7 Å². The van der Waals surface area contributed by atoms with E-state index in [-0.39, 0.29) is 17.9 Å². The van der Waals surface area contributed by atoms with Crippen molar-refractivity contribution >= 4 is 17.5 Å². The van der Waals surface area contributed by atoms with Gasteiger partial charge in [-0.1, -0.05) is 30.3 Å².